The van der Waals surface area contributed by atoms with Gasteiger partial charge in [0.2, 0.25) is 0 Å². The molecule has 0 fully saturated rings. The van der Waals surface area contributed by atoms with Crippen LogP contribution in [0, 0.1) is 0 Å². The van der Waals surface area contributed by atoms with Crippen LogP contribution >= 0.6 is 15.9 Å². The normalized spacial score (nSPS) is 13.2. The summed E-state index contributed by atoms with van der Waals surface area (Å²) < 4.78 is 6.31. The molecule has 20 heavy (non-hydrogen) atoms. The minimum Gasteiger partial charge on any atom is -0.482 e. The summed E-state index contributed by atoms with van der Waals surface area (Å²) in [6, 6.07) is 11.2. The number of carbonyl (C=O) groups is 1. The number of nitrogen functional groups attached to an aromatic ring is 1. The van der Waals surface area contributed by atoms with Crippen LogP contribution in [-0.4, -0.2) is 12.5 Å². The second kappa shape index (κ2) is 5.05. The van der Waals surface area contributed by atoms with E-state index in [-0.39, 0.29) is 12.5 Å². The predicted octanol–water partition coefficient (Wildman–Crippen LogP) is 3.11. The lowest BCUT2D eigenvalue weighted by atomic mass is 10.2. The molecule has 1 aliphatic rings. The van der Waals surface area contributed by atoms with Gasteiger partial charge in [-0.1, -0.05) is 15.9 Å². The molecular weight excluding hydrogens is 322 g/mol. The Morgan fingerprint density at radius 3 is 2.75 bits per heavy atom. The molecule has 1 amide bonds. The molecule has 0 aromatic heterocycles. The van der Waals surface area contributed by atoms with Gasteiger partial charge in [-0.25, -0.2) is 0 Å². The van der Waals surface area contributed by atoms with Crippen LogP contribution in [0.2, 0.25) is 0 Å². The maximum absolute atomic E-state index is 11.3. The molecule has 5 nitrogen and oxygen atoms in total. The summed E-state index contributed by atoms with van der Waals surface area (Å²) in [5.41, 5.74) is 8.80. The Balaban J connectivity index is 1.91. The molecule has 1 aliphatic heterocycles. The van der Waals surface area contributed by atoms with Crippen LogP contribution in [0.15, 0.2) is 40.9 Å². The van der Waals surface area contributed by atoms with E-state index in [1.165, 1.54) is 0 Å². The quantitative estimate of drug-likeness (QED) is 0.738. The van der Waals surface area contributed by atoms with Gasteiger partial charge in [-0.3, -0.25) is 4.79 Å². The fourth-order valence-electron chi connectivity index (χ4n) is 1.94. The molecular formula is C14H12BrN3O2. The highest BCUT2D eigenvalue weighted by atomic mass is 79.9. The Morgan fingerprint density at radius 1 is 1.25 bits per heavy atom. The number of hydrogen-bond donors (Lipinski definition) is 3. The fraction of sp³-hybridized carbons (Fsp3) is 0.0714. The molecule has 0 bridgehead atoms. The Hall–Kier alpha value is -2.21. The van der Waals surface area contributed by atoms with E-state index in [2.05, 4.69) is 26.6 Å². The SMILES string of the molecule is Nc1cc2c(cc1Nc1ccc(Br)cc1)NC(=O)CO2. The van der Waals surface area contributed by atoms with Crippen molar-refractivity contribution < 1.29 is 9.53 Å². The molecule has 0 unspecified atom stereocenters. The largest absolute Gasteiger partial charge is 0.482 e. The number of amides is 1. The van der Waals surface area contributed by atoms with E-state index in [0.29, 0.717) is 17.1 Å². The van der Waals surface area contributed by atoms with E-state index in [0.717, 1.165) is 15.8 Å². The fourth-order valence-corrected chi connectivity index (χ4v) is 2.20. The van der Waals surface area contributed by atoms with E-state index in [1.54, 1.807) is 12.1 Å². The van der Waals surface area contributed by atoms with Gasteiger partial charge in [0.25, 0.3) is 5.91 Å². The summed E-state index contributed by atoms with van der Waals surface area (Å²) in [7, 11) is 0. The molecule has 0 aliphatic carbocycles. The van der Waals surface area contributed by atoms with Gasteiger partial charge in [-0.2, -0.15) is 0 Å². The van der Waals surface area contributed by atoms with Crippen LogP contribution in [-0.2, 0) is 4.79 Å². The molecule has 1 heterocycles. The van der Waals surface area contributed by atoms with Crippen molar-refractivity contribution in [2.75, 3.05) is 23.0 Å². The summed E-state index contributed by atoms with van der Waals surface area (Å²) in [5, 5.41) is 5.97. The molecule has 3 rings (SSSR count). The van der Waals surface area contributed by atoms with Crippen LogP contribution in [0.25, 0.3) is 0 Å². The van der Waals surface area contributed by atoms with Crippen molar-refractivity contribution in [2.45, 2.75) is 0 Å². The smallest absolute Gasteiger partial charge is 0.262 e. The summed E-state index contributed by atoms with van der Waals surface area (Å²) in [6.07, 6.45) is 0. The van der Waals surface area contributed by atoms with Crippen molar-refractivity contribution in [3.05, 3.63) is 40.9 Å². The first-order valence-electron chi connectivity index (χ1n) is 6.00. The Morgan fingerprint density at radius 2 is 2.00 bits per heavy atom. The zero-order valence-corrected chi connectivity index (χ0v) is 12.0. The highest BCUT2D eigenvalue weighted by Crippen LogP contribution is 2.36. The molecule has 0 saturated heterocycles. The summed E-state index contributed by atoms with van der Waals surface area (Å²) >= 11 is 3.38. The van der Waals surface area contributed by atoms with Gasteiger partial charge in [0, 0.05) is 16.2 Å². The number of halogens is 1. The van der Waals surface area contributed by atoms with Gasteiger partial charge in [0.05, 0.1) is 17.1 Å². The van der Waals surface area contributed by atoms with Crippen LogP contribution in [0.4, 0.5) is 22.7 Å². The zero-order valence-electron chi connectivity index (χ0n) is 10.4. The first-order valence-corrected chi connectivity index (χ1v) is 6.80. The molecule has 0 saturated carbocycles. The molecule has 0 atom stereocenters. The summed E-state index contributed by atoms with van der Waals surface area (Å²) in [4.78, 5) is 11.3. The zero-order chi connectivity index (χ0) is 14.1. The van der Waals surface area contributed by atoms with Crippen molar-refractivity contribution in [1.29, 1.82) is 0 Å². The number of carbonyl (C=O) groups excluding carboxylic acids is 1. The van der Waals surface area contributed by atoms with Gasteiger partial charge < -0.3 is 21.1 Å². The second-order valence-electron chi connectivity index (χ2n) is 4.40. The number of anilines is 4. The van der Waals surface area contributed by atoms with E-state index >= 15 is 0 Å². The number of rotatable bonds is 2. The Kier molecular flexibility index (Phi) is 3.23. The lowest BCUT2D eigenvalue weighted by Gasteiger charge is -2.20. The topological polar surface area (TPSA) is 76.4 Å². The first kappa shape index (κ1) is 12.8. The van der Waals surface area contributed by atoms with Crippen LogP contribution in [0.3, 0.4) is 0 Å². The maximum Gasteiger partial charge on any atom is 0.262 e. The average Bonchev–Trinajstić information content (AvgIpc) is 2.42. The lowest BCUT2D eigenvalue weighted by Crippen LogP contribution is -2.25. The van der Waals surface area contributed by atoms with Crippen molar-refractivity contribution in [3.63, 3.8) is 0 Å². The van der Waals surface area contributed by atoms with Gasteiger partial charge in [-0.15, -0.1) is 0 Å². The van der Waals surface area contributed by atoms with Gasteiger partial charge in [-0.05, 0) is 30.3 Å². The summed E-state index contributed by atoms with van der Waals surface area (Å²) in [5.74, 6) is 0.417. The third-order valence-corrected chi connectivity index (χ3v) is 3.44. The molecule has 2 aromatic carbocycles. The number of hydrogen-bond acceptors (Lipinski definition) is 4. The highest BCUT2D eigenvalue weighted by Gasteiger charge is 2.17. The van der Waals surface area contributed by atoms with Gasteiger partial charge >= 0.3 is 0 Å². The van der Waals surface area contributed by atoms with E-state index < -0.39 is 0 Å². The molecule has 4 N–H and O–H groups in total. The van der Waals surface area contributed by atoms with Gasteiger partial charge in [0.15, 0.2) is 6.61 Å². The highest BCUT2D eigenvalue weighted by molar-refractivity contribution is 9.10. The third-order valence-electron chi connectivity index (χ3n) is 2.91. The van der Waals surface area contributed by atoms with Crippen molar-refractivity contribution >= 4 is 44.6 Å². The number of nitrogens with two attached hydrogens (primary N) is 1. The van der Waals surface area contributed by atoms with Gasteiger partial charge in [0.1, 0.15) is 5.75 Å². The maximum atomic E-state index is 11.3. The van der Waals surface area contributed by atoms with E-state index in [9.17, 15) is 4.79 Å². The average molecular weight is 334 g/mol. The Labute approximate surface area is 124 Å². The van der Waals surface area contributed by atoms with E-state index in [4.69, 9.17) is 10.5 Å². The second-order valence-corrected chi connectivity index (χ2v) is 5.32. The molecule has 6 heteroatoms. The van der Waals surface area contributed by atoms with Crippen molar-refractivity contribution in [3.8, 4) is 5.75 Å². The van der Waals surface area contributed by atoms with Crippen molar-refractivity contribution in [2.24, 2.45) is 0 Å². The minimum atomic E-state index is -0.170. The standard InChI is InChI=1S/C14H12BrN3O2/c15-8-1-3-9(4-2-8)17-11-6-12-13(5-10(11)16)20-7-14(19)18-12/h1-6,17H,7,16H2,(H,18,19). The first-order chi connectivity index (χ1) is 9.61. The minimum absolute atomic E-state index is 0.0198. The molecule has 2 aromatic rings. The number of fused-ring (bicyclic) bond motifs is 1. The van der Waals surface area contributed by atoms with Crippen LogP contribution in [0.1, 0.15) is 0 Å². The third kappa shape index (κ3) is 2.55. The number of benzene rings is 2. The molecule has 102 valence electrons. The van der Waals surface area contributed by atoms with E-state index in [1.807, 2.05) is 24.3 Å². The monoisotopic (exact) mass is 333 g/mol. The molecule has 0 spiro atoms. The van der Waals surface area contributed by atoms with Crippen LogP contribution in [0.5, 0.6) is 5.75 Å². The summed E-state index contributed by atoms with van der Waals surface area (Å²) in [6.45, 7) is 0.0198. The number of nitrogens with one attached hydrogen (secondary N) is 2. The Bertz CT molecular complexity index is 671. The van der Waals surface area contributed by atoms with Crippen LogP contribution < -0.4 is 21.1 Å². The predicted molar refractivity (Wildman–Crippen MR) is 82.4 cm³/mol. The molecule has 0 radical (unpaired) electrons. The number of ether oxygens (including phenoxy) is 1. The lowest BCUT2D eigenvalue weighted by molar-refractivity contribution is -0.118. The van der Waals surface area contributed by atoms with Crippen molar-refractivity contribution in [1.82, 2.24) is 0 Å².